The first kappa shape index (κ1) is 23.8. The summed E-state index contributed by atoms with van der Waals surface area (Å²) in [5.74, 6) is 0.299. The fourth-order valence-corrected chi connectivity index (χ4v) is 4.02. The number of nitrogens with zero attached hydrogens (tertiary/aromatic N) is 1. The van der Waals surface area contributed by atoms with Crippen molar-refractivity contribution in [1.29, 1.82) is 0 Å². The van der Waals surface area contributed by atoms with Gasteiger partial charge in [0.1, 0.15) is 5.75 Å². The molecule has 3 aromatic rings. The summed E-state index contributed by atoms with van der Waals surface area (Å²) in [6, 6.07) is 11.0. The van der Waals surface area contributed by atoms with E-state index >= 15 is 0 Å². The average Bonchev–Trinajstić information content (AvgIpc) is 3.12. The number of rotatable bonds is 6. The number of thiazole rings is 1. The minimum Gasteiger partial charge on any atom is -0.483 e. The van der Waals surface area contributed by atoms with Gasteiger partial charge in [-0.25, -0.2) is 4.98 Å². The van der Waals surface area contributed by atoms with Crippen molar-refractivity contribution >= 4 is 22.4 Å². The topological polar surface area (TPSA) is 51.2 Å². The predicted molar refractivity (Wildman–Crippen MR) is 120 cm³/mol. The first-order valence-electron chi connectivity index (χ1n) is 10.1. The molecule has 0 spiro atoms. The van der Waals surface area contributed by atoms with Crippen molar-refractivity contribution in [2.24, 2.45) is 0 Å². The molecule has 0 atom stereocenters. The lowest BCUT2D eigenvalue weighted by molar-refractivity contribution is -0.137. The van der Waals surface area contributed by atoms with Crippen molar-refractivity contribution < 1.29 is 22.7 Å². The smallest absolute Gasteiger partial charge is 0.416 e. The third-order valence-electron chi connectivity index (χ3n) is 4.73. The number of carbonyl (C=O) groups is 1. The van der Waals surface area contributed by atoms with Crippen LogP contribution in [0.4, 0.5) is 18.3 Å². The molecular weight excluding hydrogens is 437 g/mol. The van der Waals surface area contributed by atoms with Crippen molar-refractivity contribution in [2.75, 3.05) is 11.9 Å². The van der Waals surface area contributed by atoms with E-state index in [0.29, 0.717) is 22.9 Å². The average molecular weight is 463 g/mol. The lowest BCUT2D eigenvalue weighted by atomic mass is 9.85. The minimum atomic E-state index is -4.38. The number of benzene rings is 2. The highest BCUT2D eigenvalue weighted by Gasteiger charge is 2.30. The zero-order chi connectivity index (χ0) is 23.5. The molecule has 0 aliphatic carbocycles. The molecule has 32 heavy (non-hydrogen) atoms. The van der Waals surface area contributed by atoms with Gasteiger partial charge in [-0.1, -0.05) is 56.7 Å². The molecule has 0 bridgehead atoms. The lowest BCUT2D eigenvalue weighted by Crippen LogP contribution is -2.22. The number of alkyl halides is 3. The van der Waals surface area contributed by atoms with Gasteiger partial charge in [-0.2, -0.15) is 13.2 Å². The molecule has 0 fully saturated rings. The first-order valence-corrected chi connectivity index (χ1v) is 10.9. The van der Waals surface area contributed by atoms with Crippen LogP contribution in [0.15, 0.2) is 48.7 Å². The van der Waals surface area contributed by atoms with E-state index in [4.69, 9.17) is 4.74 Å². The summed E-state index contributed by atoms with van der Waals surface area (Å²) in [5, 5.41) is 3.06. The fourth-order valence-electron chi connectivity index (χ4n) is 3.16. The fraction of sp³-hybridized carbons (Fsp3) is 0.333. The maximum atomic E-state index is 12.9. The van der Waals surface area contributed by atoms with Gasteiger partial charge in [0.25, 0.3) is 5.91 Å². The van der Waals surface area contributed by atoms with Gasteiger partial charge in [-0.05, 0) is 35.6 Å². The van der Waals surface area contributed by atoms with E-state index in [1.165, 1.54) is 17.4 Å². The van der Waals surface area contributed by atoms with Gasteiger partial charge >= 0.3 is 6.18 Å². The molecule has 1 aromatic heterocycles. The summed E-state index contributed by atoms with van der Waals surface area (Å²) in [7, 11) is 0. The number of hydrogen-bond donors (Lipinski definition) is 1. The van der Waals surface area contributed by atoms with Crippen LogP contribution in [0.2, 0.25) is 0 Å². The number of aromatic nitrogens is 1. The normalized spacial score (nSPS) is 12.0. The van der Waals surface area contributed by atoms with Gasteiger partial charge < -0.3 is 4.74 Å². The summed E-state index contributed by atoms with van der Waals surface area (Å²) in [6.45, 7) is 8.07. The number of aryl methyl sites for hydroxylation is 1. The lowest BCUT2D eigenvalue weighted by Gasteiger charge is -2.23. The maximum absolute atomic E-state index is 12.9. The molecule has 0 aliphatic heterocycles. The van der Waals surface area contributed by atoms with E-state index in [2.05, 4.69) is 31.1 Å². The van der Waals surface area contributed by atoms with Gasteiger partial charge in [-0.15, -0.1) is 11.3 Å². The molecule has 2 aromatic carbocycles. The summed E-state index contributed by atoms with van der Waals surface area (Å²) >= 11 is 1.22. The Morgan fingerprint density at radius 1 is 1.12 bits per heavy atom. The van der Waals surface area contributed by atoms with Gasteiger partial charge in [-0.3, -0.25) is 10.1 Å². The molecule has 4 nitrogen and oxygen atoms in total. The number of hydrogen-bond acceptors (Lipinski definition) is 4. The van der Waals surface area contributed by atoms with Gasteiger partial charge in [0.05, 0.1) is 5.56 Å². The Hall–Kier alpha value is -2.87. The second-order valence-corrected chi connectivity index (χ2v) is 9.71. The van der Waals surface area contributed by atoms with E-state index in [1.54, 1.807) is 12.3 Å². The molecular formula is C24H25F3N2O2S. The molecule has 8 heteroatoms. The summed E-state index contributed by atoms with van der Waals surface area (Å²) in [6.07, 6.45) is -2.53. The standard InChI is InChI=1S/C24H25F3N2O2S/c1-15-8-9-20(19(10-15)23(2,3)4)31-14-21(30)29-22-28-13-18(32-22)12-16-6-5-7-17(11-16)24(25,26)27/h5-11,13H,12,14H2,1-4H3,(H,28,29,30). The Morgan fingerprint density at radius 2 is 1.88 bits per heavy atom. The van der Waals surface area contributed by atoms with Crippen LogP contribution < -0.4 is 10.1 Å². The third kappa shape index (κ3) is 6.32. The molecule has 0 saturated carbocycles. The second-order valence-electron chi connectivity index (χ2n) is 8.59. The van der Waals surface area contributed by atoms with Crippen LogP contribution in [-0.4, -0.2) is 17.5 Å². The van der Waals surface area contributed by atoms with Gasteiger partial charge in [0.2, 0.25) is 0 Å². The van der Waals surface area contributed by atoms with Crippen LogP contribution in [0.5, 0.6) is 5.75 Å². The van der Waals surface area contributed by atoms with Crippen molar-refractivity contribution in [3.63, 3.8) is 0 Å². The van der Waals surface area contributed by atoms with E-state index in [1.807, 2.05) is 25.1 Å². The predicted octanol–water partition coefficient (Wildman–Crippen LogP) is 6.38. The quantitative estimate of drug-likeness (QED) is 0.463. The van der Waals surface area contributed by atoms with Crippen LogP contribution in [0.3, 0.4) is 0 Å². The molecule has 3 rings (SSSR count). The van der Waals surface area contributed by atoms with E-state index in [-0.39, 0.29) is 17.9 Å². The number of amides is 1. The molecule has 0 aliphatic rings. The Morgan fingerprint density at radius 3 is 2.56 bits per heavy atom. The van der Waals surface area contributed by atoms with E-state index in [0.717, 1.165) is 28.1 Å². The zero-order valence-corrected chi connectivity index (χ0v) is 19.2. The van der Waals surface area contributed by atoms with E-state index < -0.39 is 11.7 Å². The Bertz CT molecular complexity index is 1100. The summed E-state index contributed by atoms with van der Waals surface area (Å²) in [4.78, 5) is 17.2. The molecule has 1 heterocycles. The van der Waals surface area contributed by atoms with Crippen molar-refractivity contribution in [3.8, 4) is 5.75 Å². The zero-order valence-electron chi connectivity index (χ0n) is 18.3. The number of halogens is 3. The maximum Gasteiger partial charge on any atom is 0.416 e. The second kappa shape index (κ2) is 9.32. The highest BCUT2D eigenvalue weighted by Crippen LogP contribution is 2.32. The number of nitrogens with one attached hydrogen (secondary N) is 1. The largest absolute Gasteiger partial charge is 0.483 e. The monoisotopic (exact) mass is 462 g/mol. The molecule has 1 N–H and O–H groups in total. The molecule has 0 saturated heterocycles. The summed E-state index contributed by atoms with van der Waals surface area (Å²) in [5.41, 5.74) is 1.84. The van der Waals surface area contributed by atoms with Crippen molar-refractivity contribution in [3.05, 3.63) is 75.8 Å². The van der Waals surface area contributed by atoms with E-state index in [9.17, 15) is 18.0 Å². The van der Waals surface area contributed by atoms with Crippen LogP contribution >= 0.6 is 11.3 Å². The Labute approximate surface area is 189 Å². The van der Waals surface area contributed by atoms with Crippen molar-refractivity contribution in [2.45, 2.75) is 45.7 Å². The molecule has 0 radical (unpaired) electrons. The number of carbonyl (C=O) groups excluding carboxylic acids is 1. The summed E-state index contributed by atoms with van der Waals surface area (Å²) < 4.78 is 44.4. The van der Waals surface area contributed by atoms with Crippen LogP contribution in [0.1, 0.15) is 47.9 Å². The third-order valence-corrected chi connectivity index (χ3v) is 5.65. The van der Waals surface area contributed by atoms with Crippen LogP contribution in [-0.2, 0) is 22.8 Å². The highest BCUT2D eigenvalue weighted by molar-refractivity contribution is 7.15. The first-order chi connectivity index (χ1) is 14.9. The Kier molecular flexibility index (Phi) is 6.93. The number of ether oxygens (including phenoxy) is 1. The molecule has 1 amide bonds. The Balaban J connectivity index is 1.60. The molecule has 170 valence electrons. The van der Waals surface area contributed by atoms with Crippen LogP contribution in [0, 0.1) is 6.92 Å². The van der Waals surface area contributed by atoms with Gasteiger partial charge in [0, 0.05) is 17.5 Å². The number of anilines is 1. The van der Waals surface area contributed by atoms with Crippen molar-refractivity contribution in [1.82, 2.24) is 4.98 Å². The van der Waals surface area contributed by atoms with Crippen LogP contribution in [0.25, 0.3) is 0 Å². The highest BCUT2D eigenvalue weighted by atomic mass is 32.1. The minimum absolute atomic E-state index is 0.133. The van der Waals surface area contributed by atoms with Gasteiger partial charge in [0.15, 0.2) is 11.7 Å². The SMILES string of the molecule is Cc1ccc(OCC(=O)Nc2ncc(Cc3cccc(C(F)(F)F)c3)s2)c(C(C)(C)C)c1. The molecule has 0 unspecified atom stereocenters.